The van der Waals surface area contributed by atoms with E-state index in [9.17, 15) is 18.0 Å². The van der Waals surface area contributed by atoms with Gasteiger partial charge in [0.2, 0.25) is 0 Å². The lowest BCUT2D eigenvalue weighted by Gasteiger charge is -2.45. The van der Waals surface area contributed by atoms with E-state index in [-0.39, 0.29) is 0 Å². The minimum Gasteiger partial charge on any atom is -0.433 e. The normalized spacial score (nSPS) is 18.9. The molecule has 0 aromatic carbocycles. The van der Waals surface area contributed by atoms with Crippen LogP contribution in [0.5, 0.6) is 0 Å². The van der Waals surface area contributed by atoms with Crippen LogP contribution in [-0.4, -0.2) is 105 Å². The molecule has 1 N–H and O–H groups in total. The van der Waals surface area contributed by atoms with E-state index in [2.05, 4.69) is 39.4 Å². The minimum atomic E-state index is -4.43. The molecular formula is C29H71F3O11Si11. The van der Waals surface area contributed by atoms with Crippen LogP contribution < -0.4 is 0 Å². The molecule has 0 rings (SSSR count). The van der Waals surface area contributed by atoms with Gasteiger partial charge in [0.25, 0.3) is 0 Å². The van der Waals surface area contributed by atoms with Crippen LogP contribution in [0.1, 0.15) is 6.42 Å². The first-order chi connectivity index (χ1) is 23.5. The molecule has 0 aliphatic rings. The standard InChI is InChI=1S/C29H71F3O11Si11/c1-23-44(5,6)34-45(7,8)35-46(9,10)36-47(11,12)37-48(13,14)38-49(15,16)39-50(17,18)40-52(20,24-2)42-54(22,26-4)43-53(21,25-3)41-51(19,33)28-27-29(30,31)32/h23-26,33H,1-4,27-28H2,5-22H3. The fourth-order valence-electron chi connectivity index (χ4n) is 6.23. The molecule has 0 heterocycles. The minimum absolute atomic E-state index is 0.540. The van der Waals surface area contributed by atoms with E-state index in [4.69, 9.17) is 41.2 Å². The third kappa shape index (κ3) is 22.2. The van der Waals surface area contributed by atoms with Crippen LogP contribution in [0.25, 0.3) is 0 Å². The molecule has 0 saturated heterocycles. The molecule has 25 heteroatoms. The van der Waals surface area contributed by atoms with Gasteiger partial charge in [-0.05, 0) is 124 Å². The maximum atomic E-state index is 12.9. The van der Waals surface area contributed by atoms with Crippen molar-refractivity contribution in [1.82, 2.24) is 0 Å². The van der Waals surface area contributed by atoms with Crippen molar-refractivity contribution in [1.29, 1.82) is 0 Å². The predicted octanol–water partition coefficient (Wildman–Crippen LogP) is 9.70. The third-order valence-corrected chi connectivity index (χ3v) is 48.7. The summed E-state index contributed by atoms with van der Waals surface area (Å²) in [6, 6.07) is -0.540. The molecule has 0 saturated carbocycles. The zero-order valence-corrected chi connectivity index (χ0v) is 47.2. The average Bonchev–Trinajstić information content (AvgIpc) is 2.86. The molecule has 4 atom stereocenters. The second-order valence-electron chi connectivity index (χ2n) is 17.2. The van der Waals surface area contributed by atoms with Crippen molar-refractivity contribution in [3.63, 3.8) is 0 Å². The molecule has 11 nitrogen and oxygen atoms in total. The summed E-state index contributed by atoms with van der Waals surface area (Å²) in [4.78, 5) is 10.8. The van der Waals surface area contributed by atoms with Gasteiger partial charge in [0, 0.05) is 6.42 Å². The van der Waals surface area contributed by atoms with Gasteiger partial charge in [-0.3, -0.25) is 0 Å². The van der Waals surface area contributed by atoms with E-state index in [1.165, 1.54) is 12.2 Å². The summed E-state index contributed by atoms with van der Waals surface area (Å²) in [6.45, 7) is 50.1. The monoisotopic (exact) mass is 960 g/mol. The van der Waals surface area contributed by atoms with E-state index in [0.29, 0.717) is 0 Å². The fourth-order valence-corrected chi connectivity index (χ4v) is 57.2. The Labute approximate surface area is 336 Å². The summed E-state index contributed by atoms with van der Waals surface area (Å²) < 4.78 is 104. The molecule has 54 heavy (non-hydrogen) atoms. The Balaban J connectivity index is 5.90. The van der Waals surface area contributed by atoms with Crippen molar-refractivity contribution in [2.45, 2.75) is 136 Å². The van der Waals surface area contributed by atoms with E-state index in [0.717, 1.165) is 0 Å². The topological polar surface area (TPSA) is 113 Å². The van der Waals surface area contributed by atoms with Gasteiger partial charge >= 0.3 is 91.8 Å². The molecule has 318 valence electrons. The number of rotatable bonds is 26. The summed E-state index contributed by atoms with van der Waals surface area (Å²) in [6.07, 6.45) is -5.60. The van der Waals surface area contributed by atoms with Crippen molar-refractivity contribution in [2.24, 2.45) is 0 Å². The lowest BCUT2D eigenvalue weighted by atomic mass is 10.5. The van der Waals surface area contributed by atoms with Gasteiger partial charge in [0.1, 0.15) is 0 Å². The Hall–Kier alpha value is 0.696. The number of halogens is 3. The Morgan fingerprint density at radius 3 is 0.944 bits per heavy atom. The molecule has 0 aromatic rings. The van der Waals surface area contributed by atoms with Crippen molar-refractivity contribution in [3.05, 3.63) is 49.1 Å². The highest BCUT2D eigenvalue weighted by Gasteiger charge is 2.53. The van der Waals surface area contributed by atoms with Crippen LogP contribution in [0, 0.1) is 0 Å². The maximum absolute atomic E-state index is 12.9. The van der Waals surface area contributed by atoms with Gasteiger partial charge in [-0.15, -0.1) is 26.3 Å². The molecular weight excluding hydrogens is 890 g/mol. The maximum Gasteiger partial charge on any atom is 0.389 e. The summed E-state index contributed by atoms with van der Waals surface area (Å²) in [5, 5.41) is 0. The van der Waals surface area contributed by atoms with Gasteiger partial charge in [0.15, 0.2) is 8.32 Å². The third-order valence-electron chi connectivity index (χ3n) is 7.12. The zero-order chi connectivity index (χ0) is 43.3. The van der Waals surface area contributed by atoms with E-state index >= 15 is 0 Å². The highest BCUT2D eigenvalue weighted by molar-refractivity contribution is 6.96. The summed E-state index contributed by atoms with van der Waals surface area (Å²) in [5.74, 6) is 0. The van der Waals surface area contributed by atoms with Crippen LogP contribution in [0.4, 0.5) is 13.2 Å². The molecule has 0 aliphatic carbocycles. The van der Waals surface area contributed by atoms with Gasteiger partial charge in [0.05, 0.1) is 0 Å². The fraction of sp³-hybridized carbons (Fsp3) is 0.724. The summed E-state index contributed by atoms with van der Waals surface area (Å²) in [5.41, 5.74) is 6.49. The van der Waals surface area contributed by atoms with E-state index < -0.39 is 113 Å². The number of alkyl halides is 3. The Bertz CT molecular complexity index is 1300. The lowest BCUT2D eigenvalue weighted by Crippen LogP contribution is -2.63. The molecule has 0 radical (unpaired) electrons. The molecule has 4 unspecified atom stereocenters. The van der Waals surface area contributed by atoms with Crippen LogP contribution in [0.15, 0.2) is 49.1 Å². The van der Waals surface area contributed by atoms with Crippen LogP contribution in [0.3, 0.4) is 0 Å². The largest absolute Gasteiger partial charge is 0.433 e. The quantitative estimate of drug-likeness (QED) is 0.0837. The highest BCUT2D eigenvalue weighted by atomic mass is 28.5. The van der Waals surface area contributed by atoms with Gasteiger partial charge in [-0.25, -0.2) is 0 Å². The van der Waals surface area contributed by atoms with Crippen molar-refractivity contribution in [3.8, 4) is 0 Å². The smallest absolute Gasteiger partial charge is 0.389 e. The number of hydrogen-bond acceptors (Lipinski definition) is 11. The second-order valence-corrected chi connectivity index (χ2v) is 55.9. The van der Waals surface area contributed by atoms with E-state index in [1.54, 1.807) is 24.5 Å². The first-order valence-corrected chi connectivity index (χ1v) is 47.5. The number of hydrogen-bond donors (Lipinski definition) is 1. The Morgan fingerprint density at radius 2 is 0.667 bits per heavy atom. The molecule has 0 aliphatic heterocycles. The Morgan fingerprint density at radius 1 is 0.407 bits per heavy atom. The zero-order valence-electron chi connectivity index (χ0n) is 36.2. The van der Waals surface area contributed by atoms with Gasteiger partial charge in [-0.1, -0.05) is 22.8 Å². The van der Waals surface area contributed by atoms with Crippen LogP contribution in [-0.2, 0) is 41.2 Å². The molecule has 0 fully saturated rings. The van der Waals surface area contributed by atoms with Gasteiger partial charge < -0.3 is 45.9 Å². The second kappa shape index (κ2) is 19.0. The molecule has 0 aromatic heterocycles. The average molecular weight is 962 g/mol. The predicted molar refractivity (Wildman–Crippen MR) is 238 cm³/mol. The summed E-state index contributed by atoms with van der Waals surface area (Å²) in [7, 11) is -32.7. The van der Waals surface area contributed by atoms with Crippen LogP contribution in [0.2, 0.25) is 124 Å². The van der Waals surface area contributed by atoms with Crippen LogP contribution >= 0.6 is 0 Å². The van der Waals surface area contributed by atoms with Crippen molar-refractivity contribution < 1.29 is 59.1 Å². The first-order valence-electron chi connectivity index (χ1n) is 17.9. The first kappa shape index (κ1) is 54.7. The molecule has 0 bridgehead atoms. The summed E-state index contributed by atoms with van der Waals surface area (Å²) >= 11 is 0. The van der Waals surface area contributed by atoms with Crippen molar-refractivity contribution in [2.75, 3.05) is 0 Å². The SMILES string of the molecule is C=C[Si](C)(C)O[Si](C)(C)O[Si](C)(C)O[Si](C)(C)O[Si](C)(C)O[Si](C)(C)O[Si](C)(C)O[Si](C)(C=C)O[Si](C)(C=C)O[Si](C)(C=C)O[Si](C)(O)CCC(F)(F)F. The molecule has 0 amide bonds. The molecule has 0 spiro atoms. The van der Waals surface area contributed by atoms with E-state index in [1.807, 2.05) is 90.8 Å². The highest BCUT2D eigenvalue weighted by Crippen LogP contribution is 2.33. The van der Waals surface area contributed by atoms with Crippen molar-refractivity contribution >= 4 is 93.9 Å². The lowest BCUT2D eigenvalue weighted by molar-refractivity contribution is -0.131. The Kier molecular flexibility index (Phi) is 19.2. The van der Waals surface area contributed by atoms with Gasteiger partial charge in [-0.2, -0.15) is 13.2 Å².